The summed E-state index contributed by atoms with van der Waals surface area (Å²) >= 11 is 0. The molecule has 5 rings (SSSR count). The zero-order chi connectivity index (χ0) is 47.7. The number of hydrogen-bond acceptors (Lipinski definition) is 14. The van der Waals surface area contributed by atoms with Gasteiger partial charge in [0, 0.05) is 26.2 Å². The van der Waals surface area contributed by atoms with Gasteiger partial charge in [-0.1, -0.05) is 25.7 Å². The van der Waals surface area contributed by atoms with Crippen LogP contribution in [-0.4, -0.2) is 168 Å². The number of amides is 2. The Hall–Kier alpha value is -2.63. The van der Waals surface area contributed by atoms with Crippen LogP contribution >= 0.6 is 0 Å². The quantitative estimate of drug-likeness (QED) is 0.111. The van der Waals surface area contributed by atoms with Gasteiger partial charge in [0.25, 0.3) is 0 Å². The van der Waals surface area contributed by atoms with Crippen LogP contribution in [0.3, 0.4) is 0 Å². The molecule has 5 aliphatic rings. The maximum absolute atomic E-state index is 13.4. The van der Waals surface area contributed by atoms with E-state index < -0.39 is 47.6 Å². The van der Waals surface area contributed by atoms with Crippen molar-refractivity contribution < 1.29 is 57.5 Å². The third kappa shape index (κ3) is 14.4. The normalized spacial score (nSPS) is 27.4. The van der Waals surface area contributed by atoms with E-state index in [1.54, 1.807) is 25.7 Å². The zero-order valence-electron chi connectivity index (χ0n) is 41.6. The molecular formula is C46H84B2N4O12. The lowest BCUT2D eigenvalue weighted by Gasteiger charge is -2.38. The maximum atomic E-state index is 13.4. The lowest BCUT2D eigenvalue weighted by atomic mass is 9.78. The van der Waals surface area contributed by atoms with Crippen LogP contribution < -0.4 is 0 Å². The molecule has 0 aromatic rings. The fourth-order valence-corrected chi connectivity index (χ4v) is 10.0. The van der Waals surface area contributed by atoms with Crippen LogP contribution in [0.15, 0.2) is 0 Å². The molecule has 0 aromatic carbocycles. The first-order chi connectivity index (χ1) is 29.8. The molecule has 5 aliphatic heterocycles. The molecule has 4 unspecified atom stereocenters. The highest BCUT2D eigenvalue weighted by molar-refractivity contribution is 6.45. The van der Waals surface area contributed by atoms with Gasteiger partial charge in [-0.05, 0) is 171 Å². The number of rotatable bonds is 14. The second-order valence-electron chi connectivity index (χ2n) is 22.0. The summed E-state index contributed by atoms with van der Waals surface area (Å²) in [5, 5.41) is 18.5. The fourth-order valence-electron chi connectivity index (χ4n) is 10.0. The Bertz CT molecular complexity index is 1530. The van der Waals surface area contributed by atoms with Crippen molar-refractivity contribution in [3.05, 3.63) is 0 Å². The van der Waals surface area contributed by atoms with Crippen LogP contribution in [0.2, 0.25) is 12.6 Å². The third-order valence-corrected chi connectivity index (χ3v) is 14.1. The standard InChI is InChI=1S/C26H47BN2O6.C20H37BN2O6/c1-23(2,3)33-22(31)29-19-20(12-14-27-34-24(4,5)25(6,7)35-27)18-26(29,21(30)32-8)13-17-28-15-10-9-11-16-28;1-19(2,3)29-18(25)23-15-16(8-10-21(26)27)14-20(23,17(24)28-4)9-13-22-11-6-5-7-12-22/h20H,9-19H2,1-8H3;16,26-27H,5-15H2,1-4H3. The number of likely N-dealkylation sites (tertiary alicyclic amines) is 4. The molecule has 0 radical (unpaired) electrons. The van der Waals surface area contributed by atoms with Crippen LogP contribution in [0.25, 0.3) is 0 Å². The van der Waals surface area contributed by atoms with E-state index in [1.807, 2.05) is 20.8 Å². The topological polar surface area (TPSA) is 177 Å². The molecule has 0 bridgehead atoms. The average molecular weight is 907 g/mol. The van der Waals surface area contributed by atoms with E-state index in [0.717, 1.165) is 52.0 Å². The highest BCUT2D eigenvalue weighted by atomic mass is 16.7. The Morgan fingerprint density at radius 1 is 0.641 bits per heavy atom. The second kappa shape index (κ2) is 22.4. The molecule has 16 nitrogen and oxygen atoms in total. The largest absolute Gasteiger partial charge is 0.467 e. The molecule has 5 saturated heterocycles. The lowest BCUT2D eigenvalue weighted by Crippen LogP contribution is -2.56. The summed E-state index contributed by atoms with van der Waals surface area (Å²) < 4.78 is 34.2. The van der Waals surface area contributed by atoms with Gasteiger partial charge in [-0.2, -0.15) is 0 Å². The molecule has 2 N–H and O–H groups in total. The molecule has 4 atom stereocenters. The van der Waals surface area contributed by atoms with E-state index in [2.05, 4.69) is 37.5 Å². The summed E-state index contributed by atoms with van der Waals surface area (Å²) in [5.41, 5.74) is -4.17. The Balaban J connectivity index is 0.000000286. The Morgan fingerprint density at radius 3 is 1.36 bits per heavy atom. The minimum atomic E-state index is -1.40. The number of carbonyl (C=O) groups excluding carboxylic acids is 4. The predicted octanol–water partition coefficient (Wildman–Crippen LogP) is 6.41. The molecule has 5 heterocycles. The van der Waals surface area contributed by atoms with Gasteiger partial charge in [-0.25, -0.2) is 19.2 Å². The van der Waals surface area contributed by atoms with Crippen molar-refractivity contribution in [3.63, 3.8) is 0 Å². The molecular weight excluding hydrogens is 822 g/mol. The SMILES string of the molecule is COC(=O)C1(CCN2CCCCC2)CC(CCB(O)O)CN1C(=O)OC(C)(C)C.COC(=O)C1(CCN2CCCCC2)CC(CCB2OC(C)(C)C(C)(C)O2)CN1C(=O)OC(C)(C)C. The first-order valence-corrected chi connectivity index (χ1v) is 24.1. The molecule has 2 amide bonds. The van der Waals surface area contributed by atoms with Crippen molar-refractivity contribution in [1.29, 1.82) is 0 Å². The fraction of sp³-hybridized carbons (Fsp3) is 0.913. The van der Waals surface area contributed by atoms with Crippen molar-refractivity contribution in [1.82, 2.24) is 19.6 Å². The molecule has 64 heavy (non-hydrogen) atoms. The number of ether oxygens (including phenoxy) is 4. The number of esters is 2. The number of piperidine rings is 2. The second-order valence-corrected chi connectivity index (χ2v) is 22.0. The van der Waals surface area contributed by atoms with E-state index in [0.29, 0.717) is 58.1 Å². The molecule has 0 aromatic heterocycles. The molecule has 0 saturated carbocycles. The summed E-state index contributed by atoms with van der Waals surface area (Å²) in [4.78, 5) is 60.6. The number of hydrogen-bond donors (Lipinski definition) is 2. The van der Waals surface area contributed by atoms with Gasteiger partial charge in [0.15, 0.2) is 0 Å². The molecule has 366 valence electrons. The summed E-state index contributed by atoms with van der Waals surface area (Å²) in [6.07, 6.45) is 10.4. The monoisotopic (exact) mass is 907 g/mol. The van der Waals surface area contributed by atoms with Gasteiger partial charge in [-0.3, -0.25) is 9.80 Å². The van der Waals surface area contributed by atoms with Gasteiger partial charge < -0.3 is 48.1 Å². The van der Waals surface area contributed by atoms with Gasteiger partial charge in [0.1, 0.15) is 22.3 Å². The zero-order valence-corrected chi connectivity index (χ0v) is 41.6. The molecule has 0 spiro atoms. The summed E-state index contributed by atoms with van der Waals surface area (Å²) in [5.74, 6) is -0.669. The van der Waals surface area contributed by atoms with Crippen LogP contribution in [0.4, 0.5) is 9.59 Å². The van der Waals surface area contributed by atoms with Gasteiger partial charge in [0.05, 0.1) is 25.4 Å². The van der Waals surface area contributed by atoms with E-state index in [1.165, 1.54) is 44.8 Å². The van der Waals surface area contributed by atoms with Crippen LogP contribution in [-0.2, 0) is 37.8 Å². The van der Waals surface area contributed by atoms with Gasteiger partial charge in [0.2, 0.25) is 0 Å². The van der Waals surface area contributed by atoms with E-state index in [-0.39, 0.29) is 42.4 Å². The smallest absolute Gasteiger partial charge is 0.457 e. The minimum absolute atomic E-state index is 0.0234. The Labute approximate surface area is 385 Å². The number of nitrogens with zero attached hydrogens (tertiary/aromatic N) is 4. The Morgan fingerprint density at radius 2 is 1.02 bits per heavy atom. The highest BCUT2D eigenvalue weighted by Crippen LogP contribution is 2.44. The van der Waals surface area contributed by atoms with E-state index in [9.17, 15) is 29.2 Å². The van der Waals surface area contributed by atoms with Gasteiger partial charge in [-0.15, -0.1) is 0 Å². The summed E-state index contributed by atoms with van der Waals surface area (Å²) in [6, 6.07) is 0. The van der Waals surface area contributed by atoms with E-state index in [4.69, 9.17) is 28.3 Å². The average Bonchev–Trinajstić information content (AvgIpc) is 3.86. The number of carbonyl (C=O) groups is 4. The minimum Gasteiger partial charge on any atom is -0.467 e. The molecule has 18 heteroatoms. The molecule has 5 fully saturated rings. The maximum Gasteiger partial charge on any atom is 0.457 e. The van der Waals surface area contributed by atoms with Gasteiger partial charge >= 0.3 is 38.4 Å². The van der Waals surface area contributed by atoms with Crippen LogP contribution in [0.5, 0.6) is 0 Å². The summed E-state index contributed by atoms with van der Waals surface area (Å²) in [6.45, 7) is 25.5. The van der Waals surface area contributed by atoms with Crippen LogP contribution in [0.1, 0.15) is 146 Å². The van der Waals surface area contributed by atoms with E-state index >= 15 is 0 Å². The third-order valence-electron chi connectivity index (χ3n) is 14.1. The van der Waals surface area contributed by atoms with Crippen molar-refractivity contribution >= 4 is 38.4 Å². The first-order valence-electron chi connectivity index (χ1n) is 24.1. The predicted molar refractivity (Wildman–Crippen MR) is 247 cm³/mol. The first kappa shape index (κ1) is 54.0. The lowest BCUT2D eigenvalue weighted by molar-refractivity contribution is -0.154. The molecule has 0 aliphatic carbocycles. The van der Waals surface area contributed by atoms with Crippen molar-refractivity contribution in [3.8, 4) is 0 Å². The van der Waals surface area contributed by atoms with Crippen molar-refractivity contribution in [2.45, 2.75) is 192 Å². The number of methoxy groups -OCH3 is 2. The van der Waals surface area contributed by atoms with Crippen molar-refractivity contribution in [2.24, 2.45) is 11.8 Å². The highest BCUT2D eigenvalue weighted by Gasteiger charge is 2.57. The van der Waals surface area contributed by atoms with Crippen LogP contribution in [0, 0.1) is 11.8 Å². The van der Waals surface area contributed by atoms with Crippen molar-refractivity contribution in [2.75, 3.05) is 66.6 Å². The summed E-state index contributed by atoms with van der Waals surface area (Å²) in [7, 11) is 1.07. The Kier molecular flexibility index (Phi) is 18.9.